The predicted molar refractivity (Wildman–Crippen MR) is 445 cm³/mol. The molecule has 10 aliphatic heterocycles. The third-order valence-electron chi connectivity index (χ3n) is 25.6. The van der Waals surface area contributed by atoms with Crippen LogP contribution in [0.3, 0.4) is 0 Å². The molecule has 10 aliphatic rings. The number of non-ortho nitro benzene ring substituents is 2. The summed E-state index contributed by atoms with van der Waals surface area (Å²) in [6, 6.07) is 18.3. The number of hydrogen-bond donors (Lipinski definition) is 2. The molecule has 0 spiro atoms. The summed E-state index contributed by atoms with van der Waals surface area (Å²) in [5.41, 5.74) is 7.27. The molecule has 30 nitrogen and oxygen atoms in total. The largest absolute Gasteiger partial charge is 0.492 e. The Balaban J connectivity index is 0.878. The number of fused-ring (bicyclic) bond motifs is 50. The molecule has 30 heteroatoms. The zero-order valence-corrected chi connectivity index (χ0v) is 69.3. The zero-order chi connectivity index (χ0) is 84.2. The summed E-state index contributed by atoms with van der Waals surface area (Å²) < 4.78 is 85.5. The molecule has 4 fully saturated rings. The number of nitriles is 4. The second-order valence-corrected chi connectivity index (χ2v) is 32.8. The lowest BCUT2D eigenvalue weighted by Crippen LogP contribution is -2.29. The van der Waals surface area contributed by atoms with Crippen LogP contribution in [-0.4, -0.2) is 103 Å². The van der Waals surface area contributed by atoms with Crippen molar-refractivity contribution in [2.75, 3.05) is 52.9 Å². The standard InChI is InChI=1S/C92H92N14O16/c1-9-17-29-111-69-49(39-93)51(41-95)71(113-31-19-11-3)55-53(69)77-61-63(79(55)119-77)83-59-57(81(61)121-83)73(115-33-21-13-5)65-67(75(59)117-35-23-15-7)91-101-87-48-38-44(106(109)110)26-28-46(48)86(98-87)100-90-66-68(92(104-90)102-88-47-37-43(105(107)108)25-27-45(47)85(97-88)99-89(65)103-91)76(118-36-24-16-8)60-58(74(66)116-34-22-14-6)82-62-64(84(60)122-82)80-56-54(78(62)120-80)70(112-30-18-10-2)50(40-94)52(42-96)72(56)114-32-20-12-4/h25-28,37-38,61-64,77-84H,9-24,29-36H2,1-8H3,(H2,97,98,99,100,101,102,103,104). The third-order valence-corrected chi connectivity index (χ3v) is 25.6. The van der Waals surface area contributed by atoms with Gasteiger partial charge in [-0.3, -0.25) is 20.2 Å². The first-order valence-electron chi connectivity index (χ1n) is 43.4. The summed E-state index contributed by atoms with van der Waals surface area (Å²) in [5.74, 6) is 1.37. The van der Waals surface area contributed by atoms with Gasteiger partial charge >= 0.3 is 0 Å². The average molecular weight is 1650 g/mol. The third kappa shape index (κ3) is 12.1. The lowest BCUT2D eigenvalue weighted by atomic mass is 9.65. The van der Waals surface area contributed by atoms with Crippen LogP contribution in [-0.2, 0) is 18.9 Å². The molecule has 0 radical (unpaired) electrons. The number of nitrogens with one attached hydrogen (secondary N) is 2. The molecule has 12 atom stereocenters. The SMILES string of the molecule is CCCCOc1c(C#N)c(C#N)c(OCCCC)c2c1C1OC2C2C3OC(c4c(OCCCC)c5c(c(OCCCC)c43)-c3nc-5nc4[nH]c(nc5nc(nc6[nH]c(n3)c3cc([N+](=O)[O-])ccc63)-c3c(OCCCC)c6c(c(OCCCC)c3-5)C3OC6C5C6OC(c7c(OCCCC)c(C#N)c(C#N)c(OCCCC)c76)C35)c3cc([N+](=O)[O-])ccc43)C12. The highest BCUT2D eigenvalue weighted by Crippen LogP contribution is 2.80. The number of nitrogens with zero attached hydrogens (tertiary/aromatic N) is 12. The van der Waals surface area contributed by atoms with Crippen molar-refractivity contribution >= 4 is 55.5 Å². The van der Waals surface area contributed by atoms with Gasteiger partial charge in [0.25, 0.3) is 11.4 Å². The first kappa shape index (κ1) is 79.5. The van der Waals surface area contributed by atoms with Gasteiger partial charge in [-0.2, -0.15) is 21.0 Å². The van der Waals surface area contributed by atoms with Crippen molar-refractivity contribution in [3.63, 3.8) is 0 Å². The predicted octanol–water partition coefficient (Wildman–Crippen LogP) is 20.0. The van der Waals surface area contributed by atoms with Gasteiger partial charge in [-0.1, -0.05) is 107 Å². The van der Waals surface area contributed by atoms with E-state index < -0.39 is 82.3 Å². The first-order chi connectivity index (χ1) is 59.8. The molecule has 3 aromatic heterocycles. The van der Waals surface area contributed by atoms with Crippen molar-refractivity contribution in [3.8, 4) is 116 Å². The summed E-state index contributed by atoms with van der Waals surface area (Å²) >= 11 is 0. The van der Waals surface area contributed by atoms with Gasteiger partial charge in [0, 0.05) is 114 Å². The van der Waals surface area contributed by atoms with Crippen LogP contribution in [0.1, 0.15) is 274 Å². The van der Waals surface area contributed by atoms with Crippen molar-refractivity contribution in [1.82, 2.24) is 39.9 Å². The molecule has 0 saturated carbocycles. The zero-order valence-electron chi connectivity index (χ0n) is 69.3. The minimum absolute atomic E-state index is 0.0696. The Morgan fingerprint density at radius 3 is 0.730 bits per heavy atom. The summed E-state index contributed by atoms with van der Waals surface area (Å²) in [6.07, 6.45) is 5.66. The van der Waals surface area contributed by atoms with Crippen LogP contribution in [0.4, 0.5) is 11.4 Å². The maximum Gasteiger partial charge on any atom is 0.270 e. The molecule has 2 N–H and O–H groups in total. The van der Waals surface area contributed by atoms with E-state index in [4.69, 9.17) is 86.7 Å². The molecule has 19 rings (SSSR count). The van der Waals surface area contributed by atoms with Crippen LogP contribution in [0.2, 0.25) is 0 Å². The molecule has 122 heavy (non-hydrogen) atoms. The number of hydrogen-bond acceptors (Lipinski definition) is 26. The Labute approximate surface area is 702 Å². The van der Waals surface area contributed by atoms with Gasteiger partial charge < -0.3 is 66.8 Å². The van der Waals surface area contributed by atoms with Crippen molar-refractivity contribution in [2.24, 2.45) is 23.7 Å². The summed E-state index contributed by atoms with van der Waals surface area (Å²) in [5, 5.41) is 72.1. The lowest BCUT2D eigenvalue weighted by molar-refractivity contribution is -0.384. The summed E-state index contributed by atoms with van der Waals surface area (Å²) in [6.45, 7) is 18.5. The topological polar surface area (TPSA) is 401 Å². The molecule has 13 heterocycles. The molecule has 0 amide bonds. The van der Waals surface area contributed by atoms with Gasteiger partial charge in [-0.05, 0) is 63.5 Å². The van der Waals surface area contributed by atoms with Gasteiger partial charge in [0.05, 0.1) is 134 Å². The highest BCUT2D eigenvalue weighted by Gasteiger charge is 2.71. The number of rotatable bonds is 34. The molecular weight excluding hydrogens is 1560 g/mol. The highest BCUT2D eigenvalue weighted by atomic mass is 16.6. The molecule has 0 aliphatic carbocycles. The fourth-order valence-corrected chi connectivity index (χ4v) is 20.1. The van der Waals surface area contributed by atoms with Gasteiger partial charge in [-0.15, -0.1) is 0 Å². The lowest BCUT2D eigenvalue weighted by Gasteiger charge is -2.35. The van der Waals surface area contributed by atoms with Crippen molar-refractivity contribution in [3.05, 3.63) is 123 Å². The molecule has 4 saturated heterocycles. The van der Waals surface area contributed by atoms with E-state index in [1.54, 1.807) is 12.1 Å². The highest BCUT2D eigenvalue weighted by molar-refractivity contribution is 6.08. The number of nitro benzene ring substituents is 2. The number of H-pyrrole nitrogens is 2. The monoisotopic (exact) mass is 1650 g/mol. The Bertz CT molecular complexity index is 5860. The van der Waals surface area contributed by atoms with Crippen LogP contribution in [0.5, 0.6) is 46.0 Å². The van der Waals surface area contributed by atoms with Gasteiger partial charge in [0.15, 0.2) is 23.3 Å². The van der Waals surface area contributed by atoms with Crippen LogP contribution >= 0.6 is 0 Å². The van der Waals surface area contributed by atoms with Gasteiger partial charge in [0.2, 0.25) is 0 Å². The quantitative estimate of drug-likeness (QED) is 0.0215. The van der Waals surface area contributed by atoms with Gasteiger partial charge in [0.1, 0.15) is 115 Å². The van der Waals surface area contributed by atoms with E-state index in [0.29, 0.717) is 175 Å². The molecular formula is C92H92N14O16. The van der Waals surface area contributed by atoms with E-state index in [-0.39, 0.29) is 143 Å². The molecule has 6 aromatic carbocycles. The number of aromatic amines is 2. The number of benzene rings is 6. The van der Waals surface area contributed by atoms with Crippen LogP contribution in [0.15, 0.2) is 36.4 Å². The molecule has 12 unspecified atom stereocenters. The van der Waals surface area contributed by atoms with E-state index >= 15 is 0 Å². The van der Waals surface area contributed by atoms with E-state index in [2.05, 4.69) is 89.6 Å². The maximum absolute atomic E-state index is 13.2. The van der Waals surface area contributed by atoms with E-state index in [0.717, 1.165) is 51.4 Å². The number of aromatic nitrogens is 8. The number of unbranched alkanes of at least 4 members (excludes halogenated alkanes) is 8. The molecule has 16 bridgehead atoms. The average Bonchev–Trinajstić information content (AvgIpc) is 1.50. The van der Waals surface area contributed by atoms with Crippen LogP contribution in [0.25, 0.3) is 89.7 Å². The number of nitro groups is 2. The van der Waals surface area contributed by atoms with Crippen molar-refractivity contribution in [1.29, 1.82) is 21.0 Å². The minimum Gasteiger partial charge on any atom is -0.492 e. The van der Waals surface area contributed by atoms with E-state index in [9.17, 15) is 41.3 Å². The summed E-state index contributed by atoms with van der Waals surface area (Å²) in [4.78, 5) is 65.7. The minimum atomic E-state index is -0.751. The number of ether oxygens (including phenoxy) is 12. The first-order valence-corrected chi connectivity index (χ1v) is 43.4. The van der Waals surface area contributed by atoms with E-state index in [1.165, 1.54) is 24.3 Å². The second-order valence-electron chi connectivity index (χ2n) is 32.8. The fourth-order valence-electron chi connectivity index (χ4n) is 20.1. The normalized spacial score (nSPS) is 21.5. The van der Waals surface area contributed by atoms with Gasteiger partial charge in [-0.25, -0.2) is 29.9 Å². The molecule has 626 valence electrons. The Hall–Kier alpha value is -12.3. The second kappa shape index (κ2) is 32.2. The van der Waals surface area contributed by atoms with Crippen molar-refractivity contribution < 1.29 is 66.7 Å². The maximum atomic E-state index is 13.2. The Morgan fingerprint density at radius 2 is 0.525 bits per heavy atom. The van der Waals surface area contributed by atoms with E-state index in [1.807, 2.05) is 0 Å². The van der Waals surface area contributed by atoms with Crippen LogP contribution < -0.4 is 37.9 Å². The smallest absolute Gasteiger partial charge is 0.270 e. The molecule has 9 aromatic rings. The van der Waals surface area contributed by atoms with Crippen LogP contribution in [0, 0.1) is 89.2 Å². The Kier molecular flexibility index (Phi) is 21.0. The fraction of sp³-hybridized carbons (Fsp3) is 0.478. The van der Waals surface area contributed by atoms with Crippen molar-refractivity contribution in [2.45, 2.75) is 207 Å². The Morgan fingerprint density at radius 1 is 0.320 bits per heavy atom. The summed E-state index contributed by atoms with van der Waals surface area (Å²) in [7, 11) is 0.